The van der Waals surface area contributed by atoms with E-state index in [1.54, 1.807) is 0 Å². The second kappa shape index (κ2) is 6.30. The van der Waals surface area contributed by atoms with Crippen molar-refractivity contribution in [3.05, 3.63) is 35.9 Å². The van der Waals surface area contributed by atoms with Gasteiger partial charge in [0.1, 0.15) is 0 Å². The zero-order valence-electron chi connectivity index (χ0n) is 10.4. The summed E-state index contributed by atoms with van der Waals surface area (Å²) in [6, 6.07) is 12.9. The summed E-state index contributed by atoms with van der Waals surface area (Å²) in [5.41, 5.74) is 1.11. The van der Waals surface area contributed by atoms with Gasteiger partial charge in [-0.05, 0) is 26.0 Å². The molecule has 1 aromatic rings. The fraction of sp³-hybridized carbons (Fsp3) is 0.500. The number of benzene rings is 1. The SMILES string of the molecule is CCN(CC(C#N)c1ccccc1)C(C)C. The van der Waals surface area contributed by atoms with E-state index >= 15 is 0 Å². The van der Waals surface area contributed by atoms with E-state index in [-0.39, 0.29) is 5.92 Å². The minimum atomic E-state index is -0.0245. The molecule has 0 aliphatic rings. The second-order valence-electron chi connectivity index (χ2n) is 4.27. The molecule has 0 amide bonds. The molecule has 0 N–H and O–H groups in total. The van der Waals surface area contributed by atoms with Crippen molar-refractivity contribution >= 4 is 0 Å². The van der Waals surface area contributed by atoms with Crippen LogP contribution in [0.1, 0.15) is 32.3 Å². The number of nitrogens with zero attached hydrogens (tertiary/aromatic N) is 2. The lowest BCUT2D eigenvalue weighted by Crippen LogP contribution is -2.34. The van der Waals surface area contributed by atoms with Crippen molar-refractivity contribution in [2.24, 2.45) is 0 Å². The number of hydrogen-bond acceptors (Lipinski definition) is 2. The van der Waals surface area contributed by atoms with Crippen LogP contribution < -0.4 is 0 Å². The summed E-state index contributed by atoms with van der Waals surface area (Å²) in [6.07, 6.45) is 0. The molecule has 0 saturated heterocycles. The summed E-state index contributed by atoms with van der Waals surface area (Å²) >= 11 is 0. The number of rotatable bonds is 5. The van der Waals surface area contributed by atoms with E-state index in [0.29, 0.717) is 6.04 Å². The van der Waals surface area contributed by atoms with Crippen LogP contribution in [0.3, 0.4) is 0 Å². The fourth-order valence-corrected chi connectivity index (χ4v) is 1.85. The molecule has 0 spiro atoms. The molecule has 2 heteroatoms. The van der Waals surface area contributed by atoms with Crippen molar-refractivity contribution in [1.82, 2.24) is 4.90 Å². The Labute approximate surface area is 98.5 Å². The van der Waals surface area contributed by atoms with Crippen LogP contribution in [0.5, 0.6) is 0 Å². The lowest BCUT2D eigenvalue weighted by molar-refractivity contribution is 0.229. The van der Waals surface area contributed by atoms with Crippen LogP contribution in [0.4, 0.5) is 0 Å². The van der Waals surface area contributed by atoms with Crippen LogP contribution in [0.2, 0.25) is 0 Å². The zero-order chi connectivity index (χ0) is 12.0. The largest absolute Gasteiger partial charge is 0.300 e. The van der Waals surface area contributed by atoms with Crippen LogP contribution in [0, 0.1) is 11.3 Å². The number of hydrogen-bond donors (Lipinski definition) is 0. The zero-order valence-corrected chi connectivity index (χ0v) is 10.4. The van der Waals surface area contributed by atoms with Crippen molar-refractivity contribution in [2.45, 2.75) is 32.7 Å². The molecule has 86 valence electrons. The summed E-state index contributed by atoms with van der Waals surface area (Å²) in [6.45, 7) is 8.28. The molecule has 0 aliphatic carbocycles. The Morgan fingerprint density at radius 3 is 2.31 bits per heavy atom. The molecule has 0 heterocycles. The molecule has 1 atom stereocenters. The van der Waals surface area contributed by atoms with Crippen molar-refractivity contribution < 1.29 is 0 Å². The first-order chi connectivity index (χ1) is 7.69. The monoisotopic (exact) mass is 216 g/mol. The Morgan fingerprint density at radius 2 is 1.88 bits per heavy atom. The second-order valence-corrected chi connectivity index (χ2v) is 4.27. The van der Waals surface area contributed by atoms with E-state index < -0.39 is 0 Å². The Morgan fingerprint density at radius 1 is 1.25 bits per heavy atom. The third kappa shape index (κ3) is 3.36. The highest BCUT2D eigenvalue weighted by Crippen LogP contribution is 2.17. The molecule has 16 heavy (non-hydrogen) atoms. The van der Waals surface area contributed by atoms with Gasteiger partial charge in [0.25, 0.3) is 0 Å². The van der Waals surface area contributed by atoms with Gasteiger partial charge < -0.3 is 0 Å². The summed E-state index contributed by atoms with van der Waals surface area (Å²) in [4.78, 5) is 2.32. The molecule has 0 aliphatic heterocycles. The average molecular weight is 216 g/mol. The van der Waals surface area contributed by atoms with Crippen molar-refractivity contribution in [3.8, 4) is 6.07 Å². The van der Waals surface area contributed by atoms with Crippen LogP contribution >= 0.6 is 0 Å². The molecule has 1 rings (SSSR count). The predicted octanol–water partition coefficient (Wildman–Crippen LogP) is 3.02. The molecule has 0 aromatic heterocycles. The van der Waals surface area contributed by atoms with E-state index in [2.05, 4.69) is 31.7 Å². The fourth-order valence-electron chi connectivity index (χ4n) is 1.85. The molecule has 0 bridgehead atoms. The van der Waals surface area contributed by atoms with E-state index in [1.807, 2.05) is 30.3 Å². The van der Waals surface area contributed by atoms with Gasteiger partial charge in [0, 0.05) is 12.6 Å². The highest BCUT2D eigenvalue weighted by Gasteiger charge is 2.16. The summed E-state index contributed by atoms with van der Waals surface area (Å²) in [5.74, 6) is -0.0245. The first-order valence-electron chi connectivity index (χ1n) is 5.87. The van der Waals surface area contributed by atoms with Gasteiger partial charge in [0.2, 0.25) is 0 Å². The third-order valence-corrected chi connectivity index (χ3v) is 2.91. The van der Waals surface area contributed by atoms with E-state index in [1.165, 1.54) is 0 Å². The van der Waals surface area contributed by atoms with E-state index in [9.17, 15) is 5.26 Å². The molecular weight excluding hydrogens is 196 g/mol. The van der Waals surface area contributed by atoms with Gasteiger partial charge in [-0.3, -0.25) is 4.90 Å². The minimum absolute atomic E-state index is 0.0245. The van der Waals surface area contributed by atoms with Crippen LogP contribution in [0.25, 0.3) is 0 Å². The van der Waals surface area contributed by atoms with Crippen LogP contribution in [-0.2, 0) is 0 Å². The minimum Gasteiger partial charge on any atom is -0.300 e. The first kappa shape index (κ1) is 12.7. The maximum absolute atomic E-state index is 9.23. The lowest BCUT2D eigenvalue weighted by Gasteiger charge is -2.26. The summed E-state index contributed by atoms with van der Waals surface area (Å²) < 4.78 is 0. The smallest absolute Gasteiger partial charge is 0.0839 e. The maximum Gasteiger partial charge on any atom is 0.0839 e. The standard InChI is InChI=1S/C14H20N2/c1-4-16(12(2)3)11-14(10-15)13-8-6-5-7-9-13/h5-9,12,14H,4,11H2,1-3H3. The lowest BCUT2D eigenvalue weighted by atomic mass is 9.99. The number of likely N-dealkylation sites (N-methyl/N-ethyl adjacent to an activating group) is 1. The van der Waals surface area contributed by atoms with Crippen LogP contribution in [-0.4, -0.2) is 24.0 Å². The highest BCUT2D eigenvalue weighted by atomic mass is 15.1. The van der Waals surface area contributed by atoms with E-state index in [0.717, 1.165) is 18.7 Å². The molecule has 0 fully saturated rings. The Balaban J connectivity index is 2.74. The van der Waals surface area contributed by atoms with Gasteiger partial charge >= 0.3 is 0 Å². The van der Waals surface area contributed by atoms with Crippen molar-refractivity contribution in [3.63, 3.8) is 0 Å². The van der Waals surface area contributed by atoms with Gasteiger partial charge in [0.15, 0.2) is 0 Å². The molecule has 1 unspecified atom stereocenters. The number of nitriles is 1. The molecular formula is C14H20N2. The normalized spacial score (nSPS) is 12.8. The third-order valence-electron chi connectivity index (χ3n) is 2.91. The highest BCUT2D eigenvalue weighted by molar-refractivity contribution is 5.25. The molecule has 0 radical (unpaired) electrons. The summed E-state index contributed by atoms with van der Waals surface area (Å²) in [5, 5.41) is 9.23. The average Bonchev–Trinajstić information content (AvgIpc) is 2.31. The van der Waals surface area contributed by atoms with Crippen molar-refractivity contribution in [1.29, 1.82) is 5.26 Å². The van der Waals surface area contributed by atoms with Gasteiger partial charge in [-0.1, -0.05) is 37.3 Å². The van der Waals surface area contributed by atoms with Crippen molar-refractivity contribution in [2.75, 3.05) is 13.1 Å². The van der Waals surface area contributed by atoms with Crippen LogP contribution in [0.15, 0.2) is 30.3 Å². The van der Waals surface area contributed by atoms with Gasteiger partial charge in [0.05, 0.1) is 12.0 Å². The Bertz CT molecular complexity index is 338. The molecule has 0 saturated carbocycles. The summed E-state index contributed by atoms with van der Waals surface area (Å²) in [7, 11) is 0. The quantitative estimate of drug-likeness (QED) is 0.756. The molecule has 2 nitrogen and oxygen atoms in total. The van der Waals surface area contributed by atoms with Gasteiger partial charge in [-0.15, -0.1) is 0 Å². The van der Waals surface area contributed by atoms with Gasteiger partial charge in [-0.2, -0.15) is 5.26 Å². The van der Waals surface area contributed by atoms with E-state index in [4.69, 9.17) is 0 Å². The predicted molar refractivity (Wildman–Crippen MR) is 67.2 cm³/mol. The Kier molecular flexibility index (Phi) is 5.01. The maximum atomic E-state index is 9.23. The first-order valence-corrected chi connectivity index (χ1v) is 5.87. The topological polar surface area (TPSA) is 27.0 Å². The van der Waals surface area contributed by atoms with Gasteiger partial charge in [-0.25, -0.2) is 0 Å². The molecule has 1 aromatic carbocycles. The Hall–Kier alpha value is -1.33.